The van der Waals surface area contributed by atoms with Gasteiger partial charge in [-0.05, 0) is 172 Å². The van der Waals surface area contributed by atoms with Gasteiger partial charge < -0.3 is 52.3 Å². The van der Waals surface area contributed by atoms with Crippen molar-refractivity contribution in [2.45, 2.75) is 58.2 Å². The lowest BCUT2D eigenvalue weighted by Gasteiger charge is -2.35. The van der Waals surface area contributed by atoms with Crippen LogP contribution in [0.2, 0.25) is 0 Å². The summed E-state index contributed by atoms with van der Waals surface area (Å²) in [5.41, 5.74) is 27.8. The molecule has 0 aromatic heterocycles. The minimum atomic E-state index is -5.07. The molecule has 1 atom stereocenters. The number of allylic oxidation sites excluding steroid dienone is 1. The number of nitrogens with zero attached hydrogens (tertiary/aromatic N) is 1. The molecular weight excluding hydrogens is 1070 g/mol. The number of ether oxygens (including phenoxy) is 4. The number of nitrogens with two attached hydrogens (primary N) is 4. The number of carbonyl (C=O) groups excluding carboxylic acids is 3. The first-order chi connectivity index (χ1) is 40.6. The number of hydrogen-bond acceptors (Lipinski definition) is 12. The number of aliphatic hydroxyl groups is 1. The van der Waals surface area contributed by atoms with Crippen LogP contribution in [0, 0.1) is 6.92 Å². The molecule has 1 aliphatic rings. The van der Waals surface area contributed by atoms with E-state index in [1.807, 2.05) is 48.5 Å². The van der Waals surface area contributed by atoms with Crippen molar-refractivity contribution >= 4 is 67.2 Å². The molecule has 9 aromatic rings. The standard InChI is InChI=1S/C67H63F3N6O8/c1-3-54(81-45-19-11-40(12-20-45)27-31-71)58-39(2)59(57(38-77)84-48-25-17-43(18-26-48)30-34-74)62-56(83-47-23-15-42(16-24-47)29-33-73)36-51-60-50(35-55(61(58)63(60)62)82-46-21-13-41(14-22-46)28-32-72)65(79)76(66(51)80)53(37-67(68,69)70)64(78)75-52-10-6-8-44-7-4-5-9-49(44)52/h3-26,35-36,53,77H,27-34,37-38,71-74H2,1-2H3,(H,75,78)/b54-3+,59-57-. The summed E-state index contributed by atoms with van der Waals surface area (Å²) in [5, 5.41) is 16.5. The van der Waals surface area contributed by atoms with E-state index in [0.717, 1.165) is 22.3 Å². The van der Waals surface area contributed by atoms with Crippen molar-refractivity contribution in [2.24, 2.45) is 22.9 Å². The zero-order chi connectivity index (χ0) is 59.2. The molecule has 0 spiro atoms. The van der Waals surface area contributed by atoms with Gasteiger partial charge in [0.05, 0.1) is 17.5 Å². The number of rotatable bonds is 22. The molecular formula is C67H63F3N6O8. The summed E-state index contributed by atoms with van der Waals surface area (Å²) in [5.74, 6) is -2.11. The highest BCUT2D eigenvalue weighted by molar-refractivity contribution is 6.34. The molecule has 3 amide bonds. The number of aliphatic hydroxyl groups excluding tert-OH is 1. The van der Waals surface area contributed by atoms with E-state index in [2.05, 4.69) is 5.32 Å². The molecule has 0 aliphatic carbocycles. The van der Waals surface area contributed by atoms with Crippen LogP contribution >= 0.6 is 0 Å². The Balaban J connectivity index is 1.32. The average molecular weight is 1140 g/mol. The van der Waals surface area contributed by atoms with Crippen molar-refractivity contribution in [2.75, 3.05) is 38.1 Å². The van der Waals surface area contributed by atoms with E-state index in [9.17, 15) is 9.90 Å². The normalized spacial score (nSPS) is 13.4. The molecule has 430 valence electrons. The van der Waals surface area contributed by atoms with Gasteiger partial charge in [0, 0.05) is 43.4 Å². The van der Waals surface area contributed by atoms with Gasteiger partial charge in [-0.15, -0.1) is 0 Å². The van der Waals surface area contributed by atoms with E-state index in [-0.39, 0.29) is 72.3 Å². The molecule has 0 radical (unpaired) electrons. The lowest BCUT2D eigenvalue weighted by Crippen LogP contribution is -2.53. The lowest BCUT2D eigenvalue weighted by atomic mass is 9.83. The number of imide groups is 1. The van der Waals surface area contributed by atoms with Crippen LogP contribution in [-0.4, -0.2) is 72.7 Å². The first kappa shape index (κ1) is 58.1. The first-order valence-electron chi connectivity index (χ1n) is 27.7. The number of hydrogen-bond donors (Lipinski definition) is 6. The van der Waals surface area contributed by atoms with Crippen LogP contribution in [-0.2, 0) is 30.5 Å². The number of carbonyl (C=O) groups is 3. The number of fused-ring (bicyclic) bond motifs is 1. The van der Waals surface area contributed by atoms with Crippen molar-refractivity contribution in [3.63, 3.8) is 0 Å². The fraction of sp³-hybridized carbons (Fsp3) is 0.209. The van der Waals surface area contributed by atoms with Gasteiger partial charge in [0.15, 0.2) is 0 Å². The second kappa shape index (κ2) is 25.2. The maximum Gasteiger partial charge on any atom is 0.391 e. The summed E-state index contributed by atoms with van der Waals surface area (Å²) >= 11 is 0. The van der Waals surface area contributed by atoms with Crippen LogP contribution in [0.4, 0.5) is 18.9 Å². The number of nitrogens with one attached hydrogen (secondary N) is 1. The predicted molar refractivity (Wildman–Crippen MR) is 321 cm³/mol. The summed E-state index contributed by atoms with van der Waals surface area (Å²) in [4.78, 5) is 46.7. The highest BCUT2D eigenvalue weighted by atomic mass is 19.4. The average Bonchev–Trinajstić information content (AvgIpc) is 0.984. The van der Waals surface area contributed by atoms with Crippen molar-refractivity contribution < 1.29 is 51.6 Å². The smallest absolute Gasteiger partial charge is 0.391 e. The minimum absolute atomic E-state index is 0.00437. The zero-order valence-electron chi connectivity index (χ0n) is 46.4. The third-order valence-electron chi connectivity index (χ3n) is 14.8. The Morgan fingerprint density at radius 2 is 1.07 bits per heavy atom. The van der Waals surface area contributed by atoms with Gasteiger partial charge in [-0.3, -0.25) is 19.3 Å². The van der Waals surface area contributed by atoms with Gasteiger partial charge in [0.2, 0.25) is 5.91 Å². The SMILES string of the molecule is C/C=C(/Oc1ccc(CCN)cc1)c1c(C)/c(=C(\CO)Oc2ccc(CCN)cc2)c2c(Oc3ccc(CCN)cc3)cc3c4c(cc(Oc5ccc(CCN)cc5)c1c42)C(=O)N(C(CC(F)(F)F)C(=O)Nc1cccc2ccccc12)C3=O. The molecule has 1 aliphatic heterocycles. The molecule has 14 nitrogen and oxygen atoms in total. The Kier molecular flexibility index (Phi) is 17.4. The van der Waals surface area contributed by atoms with Crippen molar-refractivity contribution in [1.82, 2.24) is 4.90 Å². The molecule has 17 heteroatoms. The Bertz CT molecular complexity index is 3990. The van der Waals surface area contributed by atoms with Crippen molar-refractivity contribution in [3.8, 4) is 34.5 Å². The summed E-state index contributed by atoms with van der Waals surface area (Å²) in [7, 11) is 0. The monoisotopic (exact) mass is 1140 g/mol. The topological polar surface area (TPSA) is 228 Å². The second-order valence-electron chi connectivity index (χ2n) is 20.4. The van der Waals surface area contributed by atoms with Crippen LogP contribution in [0.5, 0.6) is 34.5 Å². The van der Waals surface area contributed by atoms with Gasteiger partial charge in [0.1, 0.15) is 58.7 Å². The quantitative estimate of drug-likeness (QED) is 0.0275. The molecule has 1 unspecified atom stereocenters. The molecule has 0 bridgehead atoms. The summed E-state index contributed by atoms with van der Waals surface area (Å²) in [6.07, 6.45) is -2.90. The molecule has 84 heavy (non-hydrogen) atoms. The highest BCUT2D eigenvalue weighted by Crippen LogP contribution is 2.49. The largest absolute Gasteiger partial charge is 0.459 e. The fourth-order valence-corrected chi connectivity index (χ4v) is 10.9. The Morgan fingerprint density at radius 3 is 1.55 bits per heavy atom. The van der Waals surface area contributed by atoms with Crippen LogP contribution in [0.1, 0.15) is 67.4 Å². The minimum Gasteiger partial charge on any atom is -0.459 e. The summed E-state index contributed by atoms with van der Waals surface area (Å²) < 4.78 is 72.8. The van der Waals surface area contributed by atoms with E-state index in [4.69, 9.17) is 41.9 Å². The maximum atomic E-state index is 15.8. The molecule has 1 heterocycles. The Morgan fingerprint density at radius 1 is 0.607 bits per heavy atom. The molecule has 10 rings (SSSR count). The van der Waals surface area contributed by atoms with Gasteiger partial charge in [-0.25, -0.2) is 0 Å². The third-order valence-corrected chi connectivity index (χ3v) is 14.8. The van der Waals surface area contributed by atoms with Gasteiger partial charge >= 0.3 is 6.18 Å². The second-order valence-corrected chi connectivity index (χ2v) is 20.4. The van der Waals surface area contributed by atoms with Gasteiger partial charge in [0.25, 0.3) is 11.8 Å². The van der Waals surface area contributed by atoms with E-state index in [1.54, 1.807) is 105 Å². The number of anilines is 1. The van der Waals surface area contributed by atoms with Crippen molar-refractivity contribution in [3.05, 3.63) is 207 Å². The zero-order valence-corrected chi connectivity index (χ0v) is 46.4. The first-order valence-corrected chi connectivity index (χ1v) is 27.7. The van der Waals surface area contributed by atoms with E-state index in [0.29, 0.717) is 95.9 Å². The summed E-state index contributed by atoms with van der Waals surface area (Å²) in [6.45, 7) is 4.45. The van der Waals surface area contributed by atoms with Crippen LogP contribution in [0.25, 0.3) is 43.8 Å². The third kappa shape index (κ3) is 12.0. The van der Waals surface area contributed by atoms with Gasteiger partial charge in [-0.1, -0.05) is 84.9 Å². The molecule has 10 N–H and O–H groups in total. The number of halogens is 3. The molecule has 9 aromatic carbocycles. The maximum absolute atomic E-state index is 15.8. The molecule has 0 saturated carbocycles. The van der Waals surface area contributed by atoms with Crippen molar-refractivity contribution in [1.29, 1.82) is 0 Å². The highest BCUT2D eigenvalue weighted by Gasteiger charge is 2.47. The molecule has 0 fully saturated rings. The van der Waals surface area contributed by atoms with E-state index in [1.165, 1.54) is 18.2 Å². The number of amides is 3. The Hall–Kier alpha value is -9.10. The summed E-state index contributed by atoms with van der Waals surface area (Å²) in [6, 6.07) is 41.0. The van der Waals surface area contributed by atoms with E-state index < -0.39 is 43.0 Å². The fourth-order valence-electron chi connectivity index (χ4n) is 10.9. The number of benzene rings is 9. The van der Waals surface area contributed by atoms with Crippen LogP contribution in [0.3, 0.4) is 0 Å². The van der Waals surface area contributed by atoms with Crippen LogP contribution in [0.15, 0.2) is 158 Å². The number of alkyl halides is 3. The van der Waals surface area contributed by atoms with Gasteiger partial charge in [-0.2, -0.15) is 13.2 Å². The lowest BCUT2D eigenvalue weighted by molar-refractivity contribution is -0.151. The van der Waals surface area contributed by atoms with E-state index >= 15 is 22.8 Å². The molecule has 0 saturated heterocycles. The predicted octanol–water partition coefficient (Wildman–Crippen LogP) is 10.9. The van der Waals surface area contributed by atoms with Crippen LogP contribution < -0.4 is 52.4 Å². The Labute approximate surface area is 483 Å².